The minimum atomic E-state index is -0.377. The van der Waals surface area contributed by atoms with E-state index < -0.39 is 0 Å². The number of ether oxygens (including phenoxy) is 1. The van der Waals surface area contributed by atoms with Crippen LogP contribution in [0.5, 0.6) is 5.75 Å². The number of nitrogens with zero attached hydrogens (tertiary/aromatic N) is 2. The monoisotopic (exact) mass is 449 g/mol. The summed E-state index contributed by atoms with van der Waals surface area (Å²) in [5.74, 6) is 2.30. The van der Waals surface area contributed by atoms with Gasteiger partial charge in [-0.3, -0.25) is 4.79 Å². The van der Waals surface area contributed by atoms with E-state index in [-0.39, 0.29) is 11.9 Å². The van der Waals surface area contributed by atoms with Gasteiger partial charge in [-0.05, 0) is 35.4 Å². The summed E-state index contributed by atoms with van der Waals surface area (Å²) in [6.07, 6.45) is 3.57. The van der Waals surface area contributed by atoms with Gasteiger partial charge in [-0.1, -0.05) is 41.4 Å². The van der Waals surface area contributed by atoms with Crippen LogP contribution in [0.15, 0.2) is 54.9 Å². The lowest BCUT2D eigenvalue weighted by atomic mass is 10.1. The average molecular weight is 450 g/mol. The first-order valence-electron chi connectivity index (χ1n) is 8.90. The van der Waals surface area contributed by atoms with Gasteiger partial charge in [0.1, 0.15) is 17.6 Å². The lowest BCUT2D eigenvalue weighted by Gasteiger charge is -2.19. The zero-order valence-electron chi connectivity index (χ0n) is 16.1. The SMILES string of the molecule is COc1cccc(C(NC(=O)CSCc2ccc(Cl)cc2Cl)c2nccn2C)c1. The number of carbonyl (C=O) groups excluding carboxylic acids is 1. The highest BCUT2D eigenvalue weighted by atomic mass is 35.5. The quantitative estimate of drug-likeness (QED) is 0.532. The van der Waals surface area contributed by atoms with Crippen molar-refractivity contribution >= 4 is 40.9 Å². The maximum atomic E-state index is 12.7. The molecule has 0 aliphatic rings. The van der Waals surface area contributed by atoms with E-state index in [2.05, 4.69) is 10.3 Å². The minimum Gasteiger partial charge on any atom is -0.497 e. The molecule has 3 aromatic rings. The number of benzene rings is 2. The number of methoxy groups -OCH3 is 1. The molecule has 0 fully saturated rings. The van der Waals surface area contributed by atoms with E-state index in [1.54, 1.807) is 25.4 Å². The molecule has 0 radical (unpaired) electrons. The first kappa shape index (κ1) is 21.6. The molecule has 1 aromatic heterocycles. The van der Waals surface area contributed by atoms with Gasteiger partial charge in [-0.25, -0.2) is 4.98 Å². The van der Waals surface area contributed by atoms with Gasteiger partial charge in [0.25, 0.3) is 0 Å². The second-order valence-corrected chi connectivity index (χ2v) is 8.23. The Labute approximate surface area is 184 Å². The van der Waals surface area contributed by atoms with Crippen molar-refractivity contribution in [2.75, 3.05) is 12.9 Å². The molecule has 29 heavy (non-hydrogen) atoms. The fourth-order valence-electron chi connectivity index (χ4n) is 2.87. The van der Waals surface area contributed by atoms with Gasteiger partial charge in [-0.2, -0.15) is 0 Å². The highest BCUT2D eigenvalue weighted by Crippen LogP contribution is 2.26. The molecule has 3 rings (SSSR count). The van der Waals surface area contributed by atoms with E-state index in [0.717, 1.165) is 22.7 Å². The molecule has 1 heterocycles. The number of amides is 1. The van der Waals surface area contributed by atoms with Crippen LogP contribution in [0.3, 0.4) is 0 Å². The van der Waals surface area contributed by atoms with Crippen molar-refractivity contribution in [2.45, 2.75) is 11.8 Å². The highest BCUT2D eigenvalue weighted by Gasteiger charge is 2.21. The molecule has 0 bridgehead atoms. The van der Waals surface area contributed by atoms with Gasteiger partial charge in [0.05, 0.1) is 12.9 Å². The van der Waals surface area contributed by atoms with Crippen molar-refractivity contribution in [3.8, 4) is 5.75 Å². The second-order valence-electron chi connectivity index (χ2n) is 6.40. The molecule has 2 aromatic carbocycles. The van der Waals surface area contributed by atoms with Crippen LogP contribution in [0.25, 0.3) is 0 Å². The molecular weight excluding hydrogens is 429 g/mol. The number of carbonyl (C=O) groups is 1. The summed E-state index contributed by atoms with van der Waals surface area (Å²) in [7, 11) is 3.52. The number of rotatable bonds is 8. The molecular formula is C21H21Cl2N3O2S. The number of nitrogens with one attached hydrogen (secondary N) is 1. The van der Waals surface area contributed by atoms with Crippen molar-refractivity contribution < 1.29 is 9.53 Å². The zero-order chi connectivity index (χ0) is 20.8. The Bertz CT molecular complexity index is 994. The van der Waals surface area contributed by atoms with E-state index in [0.29, 0.717) is 21.6 Å². The third kappa shape index (κ3) is 5.69. The van der Waals surface area contributed by atoms with E-state index >= 15 is 0 Å². The Morgan fingerprint density at radius 3 is 2.79 bits per heavy atom. The molecule has 0 aliphatic carbocycles. The number of thioether (sulfide) groups is 1. The van der Waals surface area contributed by atoms with E-state index in [1.807, 2.05) is 48.1 Å². The summed E-state index contributed by atoms with van der Waals surface area (Å²) in [5, 5.41) is 4.28. The Morgan fingerprint density at radius 1 is 1.28 bits per heavy atom. The van der Waals surface area contributed by atoms with Crippen LogP contribution >= 0.6 is 35.0 Å². The molecule has 1 N–H and O–H groups in total. The van der Waals surface area contributed by atoms with Crippen LogP contribution < -0.4 is 10.1 Å². The van der Waals surface area contributed by atoms with Crippen LogP contribution in [0.1, 0.15) is 23.0 Å². The van der Waals surface area contributed by atoms with Gasteiger partial charge in [0.15, 0.2) is 0 Å². The van der Waals surface area contributed by atoms with Gasteiger partial charge < -0.3 is 14.6 Å². The Kier molecular flexibility index (Phi) is 7.47. The van der Waals surface area contributed by atoms with Gasteiger partial charge in [0, 0.05) is 35.2 Å². The zero-order valence-corrected chi connectivity index (χ0v) is 18.4. The van der Waals surface area contributed by atoms with E-state index in [9.17, 15) is 4.79 Å². The van der Waals surface area contributed by atoms with Gasteiger partial charge >= 0.3 is 0 Å². The van der Waals surface area contributed by atoms with Crippen molar-refractivity contribution in [2.24, 2.45) is 7.05 Å². The normalized spacial score (nSPS) is 11.9. The maximum Gasteiger partial charge on any atom is 0.230 e. The third-order valence-corrected chi connectivity index (χ3v) is 5.92. The largest absolute Gasteiger partial charge is 0.497 e. The number of hydrogen-bond donors (Lipinski definition) is 1. The molecule has 5 nitrogen and oxygen atoms in total. The molecule has 8 heteroatoms. The second kappa shape index (κ2) is 10.1. The van der Waals surface area contributed by atoms with Crippen LogP contribution in [0, 0.1) is 0 Å². The average Bonchev–Trinajstić information content (AvgIpc) is 3.13. The lowest BCUT2D eigenvalue weighted by molar-refractivity contribution is -0.119. The first-order chi connectivity index (χ1) is 14.0. The molecule has 152 valence electrons. The first-order valence-corrected chi connectivity index (χ1v) is 10.8. The highest BCUT2D eigenvalue weighted by molar-refractivity contribution is 7.99. The molecule has 0 saturated carbocycles. The Hall–Kier alpha value is -2.15. The Balaban J connectivity index is 1.69. The molecule has 0 aliphatic heterocycles. The predicted octanol–water partition coefficient (Wildman–Crippen LogP) is 4.87. The molecule has 0 saturated heterocycles. The lowest BCUT2D eigenvalue weighted by Crippen LogP contribution is -2.32. The molecule has 1 unspecified atom stereocenters. The van der Waals surface area contributed by atoms with Crippen LogP contribution in [-0.4, -0.2) is 28.3 Å². The Morgan fingerprint density at radius 2 is 2.10 bits per heavy atom. The summed E-state index contributed by atoms with van der Waals surface area (Å²) >= 11 is 13.6. The number of aryl methyl sites for hydroxylation is 1. The maximum absolute atomic E-state index is 12.7. The van der Waals surface area contributed by atoms with E-state index in [1.165, 1.54) is 11.8 Å². The number of halogens is 2. The number of imidazole rings is 1. The fraction of sp³-hybridized carbons (Fsp3) is 0.238. The third-order valence-electron chi connectivity index (χ3n) is 4.35. The summed E-state index contributed by atoms with van der Waals surface area (Å²) in [5.41, 5.74) is 1.85. The van der Waals surface area contributed by atoms with Gasteiger partial charge in [0.2, 0.25) is 5.91 Å². The summed E-state index contributed by atoms with van der Waals surface area (Å²) in [6, 6.07) is 12.6. The summed E-state index contributed by atoms with van der Waals surface area (Å²) in [6.45, 7) is 0. The predicted molar refractivity (Wildman–Crippen MR) is 119 cm³/mol. The number of aromatic nitrogens is 2. The van der Waals surface area contributed by atoms with Crippen LogP contribution in [0.2, 0.25) is 10.0 Å². The molecule has 1 atom stereocenters. The summed E-state index contributed by atoms with van der Waals surface area (Å²) in [4.78, 5) is 17.1. The van der Waals surface area contributed by atoms with Crippen molar-refractivity contribution in [3.05, 3.63) is 81.9 Å². The molecule has 0 spiro atoms. The van der Waals surface area contributed by atoms with Crippen LogP contribution in [-0.2, 0) is 17.6 Å². The number of hydrogen-bond acceptors (Lipinski definition) is 4. The molecule has 1 amide bonds. The summed E-state index contributed by atoms with van der Waals surface area (Å²) < 4.78 is 7.22. The smallest absolute Gasteiger partial charge is 0.230 e. The topological polar surface area (TPSA) is 56.1 Å². The van der Waals surface area contributed by atoms with Crippen LogP contribution in [0.4, 0.5) is 0 Å². The van der Waals surface area contributed by atoms with Crippen molar-refractivity contribution in [1.29, 1.82) is 0 Å². The fourth-order valence-corrected chi connectivity index (χ4v) is 4.27. The van der Waals surface area contributed by atoms with Crippen molar-refractivity contribution in [1.82, 2.24) is 14.9 Å². The van der Waals surface area contributed by atoms with Crippen molar-refractivity contribution in [3.63, 3.8) is 0 Å². The minimum absolute atomic E-state index is 0.0871. The van der Waals surface area contributed by atoms with E-state index in [4.69, 9.17) is 27.9 Å². The standard InChI is InChI=1S/C21H21Cl2N3O2S/c1-26-9-8-24-21(26)20(14-4-3-5-17(10-14)28-2)25-19(27)13-29-12-15-6-7-16(22)11-18(15)23/h3-11,20H,12-13H2,1-2H3,(H,25,27). The van der Waals surface area contributed by atoms with Gasteiger partial charge in [-0.15, -0.1) is 11.8 Å².